The van der Waals surface area contributed by atoms with Crippen molar-refractivity contribution in [2.24, 2.45) is 5.92 Å². The molecule has 0 aliphatic heterocycles. The van der Waals surface area contributed by atoms with E-state index >= 15 is 0 Å². The maximum Gasteiger partial charge on any atom is 0.241 e. The molecule has 1 atom stereocenters. The highest BCUT2D eigenvalue weighted by atomic mass is 35.5. The lowest BCUT2D eigenvalue weighted by atomic mass is 10.4. The normalized spacial score (nSPS) is 21.0. The van der Waals surface area contributed by atoms with Crippen molar-refractivity contribution < 1.29 is 4.79 Å². The predicted molar refractivity (Wildman–Crippen MR) is 67.3 cm³/mol. The van der Waals surface area contributed by atoms with E-state index in [1.54, 1.807) is 24.1 Å². The highest BCUT2D eigenvalue weighted by molar-refractivity contribution is 6.50. The molecular weight excluding hydrogens is 263 g/mol. The molecule has 1 aliphatic rings. The molecule has 1 aromatic rings. The first kappa shape index (κ1) is 12.5. The number of alkyl halides is 2. The first-order valence-electron chi connectivity index (χ1n) is 5.36. The molecule has 17 heavy (non-hydrogen) atoms. The van der Waals surface area contributed by atoms with E-state index in [2.05, 4.69) is 15.7 Å². The molecule has 0 saturated heterocycles. The summed E-state index contributed by atoms with van der Waals surface area (Å²) in [7, 11) is 1.60. The van der Waals surface area contributed by atoms with Crippen molar-refractivity contribution in [1.82, 2.24) is 15.1 Å². The van der Waals surface area contributed by atoms with E-state index in [0.717, 1.165) is 18.7 Å². The van der Waals surface area contributed by atoms with Crippen LogP contribution in [0.25, 0.3) is 0 Å². The van der Waals surface area contributed by atoms with Gasteiger partial charge in [0.05, 0.1) is 11.9 Å². The Hall–Kier alpha value is -0.940. The van der Waals surface area contributed by atoms with E-state index < -0.39 is 4.33 Å². The molecule has 7 heteroatoms. The van der Waals surface area contributed by atoms with Crippen molar-refractivity contribution in [2.45, 2.75) is 17.3 Å². The van der Waals surface area contributed by atoms with Gasteiger partial charge in [-0.2, -0.15) is 5.10 Å². The van der Waals surface area contributed by atoms with Crippen LogP contribution in [0.15, 0.2) is 12.4 Å². The minimum absolute atomic E-state index is 0.0811. The fourth-order valence-corrected chi connectivity index (χ4v) is 2.03. The summed E-state index contributed by atoms with van der Waals surface area (Å²) in [5.41, 5.74) is 0.866. The molecule has 0 unspecified atom stereocenters. The van der Waals surface area contributed by atoms with Gasteiger partial charge in [0, 0.05) is 25.7 Å². The van der Waals surface area contributed by atoms with Crippen LogP contribution in [0.1, 0.15) is 6.42 Å². The van der Waals surface area contributed by atoms with E-state index in [1.807, 2.05) is 0 Å². The highest BCUT2D eigenvalue weighted by Gasteiger charge is 2.51. The minimum atomic E-state index is -0.564. The second-order valence-corrected chi connectivity index (χ2v) is 5.69. The van der Waals surface area contributed by atoms with Gasteiger partial charge in [-0.3, -0.25) is 9.48 Å². The molecule has 1 aromatic heterocycles. The molecule has 0 spiro atoms. The molecule has 94 valence electrons. The Bertz CT molecular complexity index is 418. The van der Waals surface area contributed by atoms with Crippen LogP contribution >= 0.6 is 23.2 Å². The molecule has 0 radical (unpaired) electrons. The number of carbonyl (C=O) groups is 1. The summed E-state index contributed by atoms with van der Waals surface area (Å²) in [6.45, 7) is 0.940. The van der Waals surface area contributed by atoms with Crippen LogP contribution in [-0.4, -0.2) is 33.6 Å². The summed E-state index contributed by atoms with van der Waals surface area (Å²) in [6.07, 6.45) is 4.27. The number of likely N-dealkylation sites (N-methyl/N-ethyl adjacent to an activating group) is 1. The minimum Gasteiger partial charge on any atom is -0.382 e. The summed E-state index contributed by atoms with van der Waals surface area (Å²) < 4.78 is 1.01. The van der Waals surface area contributed by atoms with Crippen molar-refractivity contribution in [3.8, 4) is 0 Å². The number of nitrogens with zero attached hydrogens (tertiary/aromatic N) is 2. The highest BCUT2D eigenvalue weighted by Crippen LogP contribution is 2.52. The molecule has 5 nitrogen and oxygen atoms in total. The third-order valence-electron chi connectivity index (χ3n) is 2.73. The van der Waals surface area contributed by atoms with Crippen LogP contribution in [0.2, 0.25) is 0 Å². The molecule has 1 saturated carbocycles. The number of rotatable bonds is 5. The van der Waals surface area contributed by atoms with E-state index in [9.17, 15) is 4.79 Å². The SMILES string of the molecule is CNC(=O)Cn1cc(NC[C@H]2CC2(Cl)Cl)cn1. The smallest absolute Gasteiger partial charge is 0.241 e. The molecule has 2 N–H and O–H groups in total. The van der Waals surface area contributed by atoms with Gasteiger partial charge >= 0.3 is 0 Å². The zero-order valence-electron chi connectivity index (χ0n) is 9.41. The lowest BCUT2D eigenvalue weighted by Gasteiger charge is -2.02. The lowest BCUT2D eigenvalue weighted by molar-refractivity contribution is -0.121. The van der Waals surface area contributed by atoms with Gasteiger partial charge < -0.3 is 10.6 Å². The van der Waals surface area contributed by atoms with Gasteiger partial charge in [0.1, 0.15) is 10.9 Å². The predicted octanol–water partition coefficient (Wildman–Crippen LogP) is 1.23. The number of nitrogens with one attached hydrogen (secondary N) is 2. The first-order valence-corrected chi connectivity index (χ1v) is 6.11. The van der Waals surface area contributed by atoms with Gasteiger partial charge in [-0.25, -0.2) is 0 Å². The summed E-state index contributed by atoms with van der Waals surface area (Å²) in [4.78, 5) is 11.1. The monoisotopic (exact) mass is 276 g/mol. The fourth-order valence-electron chi connectivity index (χ4n) is 1.50. The molecule has 1 amide bonds. The summed E-state index contributed by atoms with van der Waals surface area (Å²) in [5, 5.41) is 9.79. The van der Waals surface area contributed by atoms with Crippen LogP contribution in [0, 0.1) is 5.92 Å². The first-order chi connectivity index (χ1) is 8.01. The number of aromatic nitrogens is 2. The zero-order chi connectivity index (χ0) is 12.5. The van der Waals surface area contributed by atoms with E-state index in [-0.39, 0.29) is 18.4 Å². The number of carbonyl (C=O) groups excluding carboxylic acids is 1. The molecule has 0 aromatic carbocycles. The average molecular weight is 277 g/mol. The van der Waals surface area contributed by atoms with Crippen molar-refractivity contribution in [2.75, 3.05) is 18.9 Å². The van der Waals surface area contributed by atoms with Crippen LogP contribution in [0.4, 0.5) is 5.69 Å². The Labute approximate surface area is 109 Å². The third kappa shape index (κ3) is 3.26. The van der Waals surface area contributed by atoms with Crippen LogP contribution in [0.3, 0.4) is 0 Å². The number of amides is 1. The Balaban J connectivity index is 1.80. The van der Waals surface area contributed by atoms with Gasteiger partial charge in [0.25, 0.3) is 0 Å². The fraction of sp³-hybridized carbons (Fsp3) is 0.600. The second kappa shape index (κ2) is 4.74. The van der Waals surface area contributed by atoms with Crippen LogP contribution in [0.5, 0.6) is 0 Å². The van der Waals surface area contributed by atoms with Crippen molar-refractivity contribution in [3.63, 3.8) is 0 Å². The van der Waals surface area contributed by atoms with Gasteiger partial charge in [-0.15, -0.1) is 23.2 Å². The van der Waals surface area contributed by atoms with Gasteiger partial charge in [-0.05, 0) is 6.42 Å². The molecule has 1 aliphatic carbocycles. The lowest BCUT2D eigenvalue weighted by Crippen LogP contribution is -2.23. The summed E-state index contributed by atoms with van der Waals surface area (Å²) in [5.74, 6) is 0.204. The Morgan fingerprint density at radius 3 is 3.00 bits per heavy atom. The second-order valence-electron chi connectivity index (χ2n) is 4.14. The Kier molecular flexibility index (Phi) is 3.49. The van der Waals surface area contributed by atoms with Gasteiger partial charge in [0.2, 0.25) is 5.91 Å². The zero-order valence-corrected chi connectivity index (χ0v) is 10.9. The topological polar surface area (TPSA) is 59.0 Å². The molecule has 0 bridgehead atoms. The average Bonchev–Trinajstić information content (AvgIpc) is 2.70. The molecule has 1 fully saturated rings. The van der Waals surface area contributed by atoms with Crippen molar-refractivity contribution >= 4 is 34.8 Å². The standard InChI is InChI=1S/C10H14Cl2N4O/c1-13-9(17)6-16-5-8(4-15-16)14-3-7-2-10(7,11)12/h4-5,7,14H,2-3,6H2,1H3,(H,13,17)/t7-/m1/s1. The molecule has 1 heterocycles. The molecular formula is C10H14Cl2N4O. The Morgan fingerprint density at radius 1 is 1.71 bits per heavy atom. The molecule has 2 rings (SSSR count). The quantitative estimate of drug-likeness (QED) is 0.796. The number of halogens is 2. The van der Waals surface area contributed by atoms with Gasteiger partial charge in [0.15, 0.2) is 0 Å². The number of hydrogen-bond acceptors (Lipinski definition) is 3. The number of hydrogen-bond donors (Lipinski definition) is 2. The third-order valence-corrected chi connectivity index (χ3v) is 3.65. The number of anilines is 1. The van der Waals surface area contributed by atoms with E-state index in [1.165, 1.54) is 0 Å². The van der Waals surface area contributed by atoms with Gasteiger partial charge in [-0.1, -0.05) is 0 Å². The summed E-state index contributed by atoms with van der Waals surface area (Å²) in [6, 6.07) is 0. The van der Waals surface area contributed by atoms with Crippen LogP contribution in [-0.2, 0) is 11.3 Å². The maximum atomic E-state index is 11.1. The van der Waals surface area contributed by atoms with Crippen LogP contribution < -0.4 is 10.6 Å². The van der Waals surface area contributed by atoms with Crippen molar-refractivity contribution in [1.29, 1.82) is 0 Å². The van der Waals surface area contributed by atoms with E-state index in [0.29, 0.717) is 0 Å². The van der Waals surface area contributed by atoms with Crippen molar-refractivity contribution in [3.05, 3.63) is 12.4 Å². The summed E-state index contributed by atoms with van der Waals surface area (Å²) >= 11 is 11.8. The maximum absolute atomic E-state index is 11.1. The Morgan fingerprint density at radius 2 is 2.41 bits per heavy atom. The largest absolute Gasteiger partial charge is 0.382 e. The van der Waals surface area contributed by atoms with E-state index in [4.69, 9.17) is 23.2 Å².